The fourth-order valence-corrected chi connectivity index (χ4v) is 4.44. The number of halogens is 1. The summed E-state index contributed by atoms with van der Waals surface area (Å²) in [5.74, 6) is -0.325. The molecule has 0 saturated heterocycles. The van der Waals surface area contributed by atoms with Crippen LogP contribution >= 0.6 is 0 Å². The Balaban J connectivity index is 1.46. The number of nitrogens with one attached hydrogen (secondary N) is 1. The highest BCUT2D eigenvalue weighted by Crippen LogP contribution is 2.39. The number of nitrogens with zero attached hydrogens (tertiary/aromatic N) is 4. The molecule has 1 aliphatic heterocycles. The Morgan fingerprint density at radius 3 is 2.58 bits per heavy atom. The highest BCUT2D eigenvalue weighted by atomic mass is 19.1. The van der Waals surface area contributed by atoms with Crippen molar-refractivity contribution in [3.63, 3.8) is 0 Å². The van der Waals surface area contributed by atoms with Gasteiger partial charge in [0.05, 0.1) is 18.3 Å². The Morgan fingerprint density at radius 1 is 1.03 bits per heavy atom. The topological polar surface area (TPSA) is 123 Å². The Labute approximate surface area is 208 Å². The number of rotatable bonds is 6. The van der Waals surface area contributed by atoms with Crippen LogP contribution in [0.4, 0.5) is 21.6 Å². The molecule has 182 valence electrons. The van der Waals surface area contributed by atoms with E-state index in [1.165, 1.54) is 17.7 Å². The second-order valence-corrected chi connectivity index (χ2v) is 8.67. The molecule has 0 saturated carbocycles. The molecule has 9 heteroatoms. The van der Waals surface area contributed by atoms with Crippen molar-refractivity contribution in [1.29, 1.82) is 0 Å². The summed E-state index contributed by atoms with van der Waals surface area (Å²) in [5.41, 5.74) is 16.3. The quantitative estimate of drug-likeness (QED) is 0.381. The Kier molecular flexibility index (Phi) is 6.44. The summed E-state index contributed by atoms with van der Waals surface area (Å²) in [4.78, 5) is 28.8. The normalized spacial score (nSPS) is 14.8. The van der Waals surface area contributed by atoms with Gasteiger partial charge in [-0.2, -0.15) is 0 Å². The van der Waals surface area contributed by atoms with Crippen molar-refractivity contribution < 1.29 is 9.18 Å². The molecule has 1 amide bonds. The molecule has 5 N–H and O–H groups in total. The van der Waals surface area contributed by atoms with Gasteiger partial charge in [-0.3, -0.25) is 9.78 Å². The number of nitrogens with two attached hydrogens (primary N) is 2. The van der Waals surface area contributed by atoms with Crippen molar-refractivity contribution in [1.82, 2.24) is 20.3 Å². The van der Waals surface area contributed by atoms with E-state index < -0.39 is 5.91 Å². The lowest BCUT2D eigenvalue weighted by molar-refractivity contribution is 0.0946. The van der Waals surface area contributed by atoms with Crippen LogP contribution in [0.5, 0.6) is 0 Å². The van der Waals surface area contributed by atoms with E-state index in [4.69, 9.17) is 11.5 Å². The minimum Gasteiger partial charge on any atom is -0.394 e. The van der Waals surface area contributed by atoms with Gasteiger partial charge in [-0.1, -0.05) is 36.4 Å². The zero-order valence-electron chi connectivity index (χ0n) is 19.6. The van der Waals surface area contributed by atoms with Crippen LogP contribution in [0.15, 0.2) is 72.9 Å². The van der Waals surface area contributed by atoms with Gasteiger partial charge in [0.25, 0.3) is 5.91 Å². The van der Waals surface area contributed by atoms with Crippen LogP contribution in [0, 0.1) is 5.82 Å². The first-order valence-electron chi connectivity index (χ1n) is 11.7. The first-order valence-corrected chi connectivity index (χ1v) is 11.7. The van der Waals surface area contributed by atoms with Crippen molar-refractivity contribution >= 4 is 23.1 Å². The van der Waals surface area contributed by atoms with Crippen LogP contribution in [0.25, 0.3) is 0 Å². The number of hydrogen-bond donors (Lipinski definition) is 3. The van der Waals surface area contributed by atoms with E-state index in [1.807, 2.05) is 30.3 Å². The highest BCUT2D eigenvalue weighted by Gasteiger charge is 2.31. The van der Waals surface area contributed by atoms with Gasteiger partial charge < -0.3 is 21.7 Å². The second kappa shape index (κ2) is 9.99. The fourth-order valence-electron chi connectivity index (χ4n) is 4.44. The lowest BCUT2D eigenvalue weighted by atomic mass is 9.94. The number of aromatic nitrogens is 3. The summed E-state index contributed by atoms with van der Waals surface area (Å²) in [6, 6.07) is 19.7. The van der Waals surface area contributed by atoms with E-state index in [-0.39, 0.29) is 35.6 Å². The first kappa shape index (κ1) is 23.2. The largest absolute Gasteiger partial charge is 0.394 e. The summed E-state index contributed by atoms with van der Waals surface area (Å²) in [6.45, 7) is 0.739. The van der Waals surface area contributed by atoms with Crippen molar-refractivity contribution in [2.24, 2.45) is 0 Å². The number of anilines is 3. The summed E-state index contributed by atoms with van der Waals surface area (Å²) in [6.07, 6.45) is 3.34. The second-order valence-electron chi connectivity index (χ2n) is 8.67. The third-order valence-corrected chi connectivity index (χ3v) is 6.29. The maximum absolute atomic E-state index is 13.2. The molecule has 0 spiro atoms. The molecular weight excluding hydrogens is 457 g/mol. The number of fused-ring (bicyclic) bond motifs is 1. The Hall–Kier alpha value is -4.53. The molecular formula is C27H26FN7O. The number of carbonyl (C=O) groups is 1. The number of hydrogen-bond acceptors (Lipinski definition) is 7. The predicted molar refractivity (Wildman–Crippen MR) is 136 cm³/mol. The van der Waals surface area contributed by atoms with E-state index in [0.29, 0.717) is 12.4 Å². The van der Waals surface area contributed by atoms with Gasteiger partial charge in [0, 0.05) is 18.4 Å². The molecule has 4 aromatic rings. The molecule has 1 aliphatic rings. The average molecular weight is 484 g/mol. The lowest BCUT2D eigenvalue weighted by Gasteiger charge is -2.38. The van der Waals surface area contributed by atoms with E-state index >= 15 is 0 Å². The van der Waals surface area contributed by atoms with Gasteiger partial charge in [0.2, 0.25) is 0 Å². The van der Waals surface area contributed by atoms with E-state index in [1.54, 1.807) is 18.3 Å². The molecule has 0 bridgehead atoms. The van der Waals surface area contributed by atoms with Gasteiger partial charge >= 0.3 is 0 Å². The molecule has 0 radical (unpaired) electrons. The minimum absolute atomic E-state index is 0.0243. The Bertz CT molecular complexity index is 1380. The van der Waals surface area contributed by atoms with Gasteiger partial charge in [-0.05, 0) is 54.3 Å². The summed E-state index contributed by atoms with van der Waals surface area (Å²) in [7, 11) is 0. The van der Waals surface area contributed by atoms with Crippen LogP contribution in [-0.4, -0.2) is 20.9 Å². The molecule has 36 heavy (non-hydrogen) atoms. The van der Waals surface area contributed by atoms with Crippen molar-refractivity contribution in [3.05, 3.63) is 107 Å². The minimum atomic E-state index is -0.473. The van der Waals surface area contributed by atoms with E-state index in [2.05, 4.69) is 37.3 Å². The number of pyridine rings is 1. The predicted octanol–water partition coefficient (Wildman–Crippen LogP) is 3.80. The maximum Gasteiger partial charge on any atom is 0.272 e. The number of nitrogen functional groups attached to an aromatic ring is 2. The average Bonchev–Trinajstić information content (AvgIpc) is 2.90. The number of amides is 1. The zero-order valence-corrected chi connectivity index (χ0v) is 19.6. The molecule has 0 aliphatic carbocycles. The monoisotopic (exact) mass is 483 g/mol. The summed E-state index contributed by atoms with van der Waals surface area (Å²) >= 11 is 0. The van der Waals surface area contributed by atoms with Crippen LogP contribution < -0.4 is 21.7 Å². The smallest absolute Gasteiger partial charge is 0.272 e. The molecule has 1 atom stereocenters. The molecule has 0 fully saturated rings. The first-order chi connectivity index (χ1) is 17.5. The van der Waals surface area contributed by atoms with Crippen LogP contribution in [0.3, 0.4) is 0 Å². The number of benzene rings is 2. The van der Waals surface area contributed by atoms with E-state index in [9.17, 15) is 9.18 Å². The maximum atomic E-state index is 13.2. The Morgan fingerprint density at radius 2 is 1.81 bits per heavy atom. The van der Waals surface area contributed by atoms with Gasteiger partial charge in [0.1, 0.15) is 11.5 Å². The fraction of sp³-hybridized carbons (Fsp3) is 0.185. The van der Waals surface area contributed by atoms with Gasteiger partial charge in [-0.25, -0.2) is 14.4 Å². The van der Waals surface area contributed by atoms with Crippen molar-refractivity contribution in [2.45, 2.75) is 32.0 Å². The standard InChI is InChI=1S/C27H26FN7O/c28-19-11-8-17(9-12-19)15-32-27(36)24-23(29)25(30)34-26(33-24)22-13-10-18-5-1-2-7-21(18)35(22)16-20-6-3-4-14-31-20/h1-9,11-12,14,22H,10,13,15-16,29H2,(H,32,36)(H2,30,33,34). The highest BCUT2D eigenvalue weighted by molar-refractivity contribution is 5.99. The zero-order chi connectivity index (χ0) is 25.1. The van der Waals surface area contributed by atoms with Crippen LogP contribution in [0.1, 0.15) is 45.6 Å². The third-order valence-electron chi connectivity index (χ3n) is 6.29. The van der Waals surface area contributed by atoms with Gasteiger partial charge in [-0.15, -0.1) is 0 Å². The molecule has 3 heterocycles. The molecule has 2 aromatic carbocycles. The van der Waals surface area contributed by atoms with Gasteiger partial charge in [0.15, 0.2) is 17.3 Å². The molecule has 8 nitrogen and oxygen atoms in total. The number of aryl methyl sites for hydroxylation is 1. The number of para-hydroxylation sites is 1. The molecule has 5 rings (SSSR count). The van der Waals surface area contributed by atoms with Crippen LogP contribution in [0.2, 0.25) is 0 Å². The third kappa shape index (κ3) is 4.81. The van der Waals surface area contributed by atoms with Crippen LogP contribution in [-0.2, 0) is 19.5 Å². The van der Waals surface area contributed by atoms with E-state index in [0.717, 1.165) is 29.8 Å². The van der Waals surface area contributed by atoms with Crippen molar-refractivity contribution in [3.8, 4) is 0 Å². The molecule has 2 aromatic heterocycles. The molecule has 1 unspecified atom stereocenters. The number of carbonyl (C=O) groups excluding carboxylic acids is 1. The van der Waals surface area contributed by atoms with Crippen molar-refractivity contribution in [2.75, 3.05) is 16.4 Å². The summed E-state index contributed by atoms with van der Waals surface area (Å²) < 4.78 is 13.2. The summed E-state index contributed by atoms with van der Waals surface area (Å²) in [5, 5.41) is 2.79. The lowest BCUT2D eigenvalue weighted by Crippen LogP contribution is -2.35. The SMILES string of the molecule is Nc1nc(C2CCc3ccccc3N2Cc2ccccn2)nc(C(=O)NCc2ccc(F)cc2)c1N.